The molecule has 0 bridgehead atoms. The van der Waals surface area contributed by atoms with E-state index in [0.717, 1.165) is 5.56 Å². The maximum Gasteiger partial charge on any atom is 0.271 e. The lowest BCUT2D eigenvalue weighted by molar-refractivity contribution is -0.384. The van der Waals surface area contributed by atoms with Crippen LogP contribution < -0.4 is 4.74 Å². The number of hydrogen-bond acceptors (Lipinski definition) is 3. The number of nitrogens with zero attached hydrogens (tertiary/aromatic N) is 1. The van der Waals surface area contributed by atoms with Crippen LogP contribution in [0.1, 0.15) is 18.6 Å². The topological polar surface area (TPSA) is 52.4 Å². The Kier molecular flexibility index (Phi) is 4.02. The first-order chi connectivity index (χ1) is 9.08. The zero-order chi connectivity index (χ0) is 13.8. The molecule has 1 unspecified atom stereocenters. The van der Waals surface area contributed by atoms with Crippen LogP contribution in [-0.2, 0) is 0 Å². The molecule has 1 atom stereocenters. The van der Waals surface area contributed by atoms with Crippen LogP contribution in [0.15, 0.2) is 48.5 Å². The predicted octanol–water partition coefficient (Wildman–Crippen LogP) is 4.39. The zero-order valence-corrected chi connectivity index (χ0v) is 11.0. The smallest absolute Gasteiger partial charge is 0.271 e. The first-order valence-corrected chi connectivity index (χ1v) is 6.11. The first-order valence-electron chi connectivity index (χ1n) is 5.73. The maximum atomic E-state index is 10.6. The highest BCUT2D eigenvalue weighted by Crippen LogP contribution is 2.31. The standard InChI is InChI=1S/C14H12ClNO3/c1-10(11-5-3-2-4-6-11)19-14-8-7-12(16(17)18)9-13(14)15/h2-10H,1H3. The molecule has 98 valence electrons. The van der Waals surface area contributed by atoms with Gasteiger partial charge in [-0.05, 0) is 18.6 Å². The van der Waals surface area contributed by atoms with Gasteiger partial charge in [-0.15, -0.1) is 0 Å². The molecule has 0 aliphatic carbocycles. The van der Waals surface area contributed by atoms with E-state index < -0.39 is 4.92 Å². The molecule has 0 fully saturated rings. The molecule has 0 saturated carbocycles. The van der Waals surface area contributed by atoms with Crippen molar-refractivity contribution < 1.29 is 9.66 Å². The van der Waals surface area contributed by atoms with E-state index in [2.05, 4.69) is 0 Å². The number of halogens is 1. The molecule has 5 heteroatoms. The van der Waals surface area contributed by atoms with E-state index in [9.17, 15) is 10.1 Å². The molecular weight excluding hydrogens is 266 g/mol. The molecule has 0 aliphatic heterocycles. The summed E-state index contributed by atoms with van der Waals surface area (Å²) in [6, 6.07) is 13.8. The van der Waals surface area contributed by atoms with Gasteiger partial charge < -0.3 is 4.74 Å². The van der Waals surface area contributed by atoms with Gasteiger partial charge in [0, 0.05) is 12.1 Å². The maximum absolute atomic E-state index is 10.6. The van der Waals surface area contributed by atoms with Gasteiger partial charge in [0.1, 0.15) is 11.9 Å². The van der Waals surface area contributed by atoms with Gasteiger partial charge in [0.25, 0.3) is 5.69 Å². The number of rotatable bonds is 4. The Morgan fingerprint density at radius 2 is 1.89 bits per heavy atom. The van der Waals surface area contributed by atoms with Gasteiger partial charge in [-0.3, -0.25) is 10.1 Å². The normalized spacial score (nSPS) is 11.9. The SMILES string of the molecule is CC(Oc1ccc([N+](=O)[O-])cc1Cl)c1ccccc1. The second-order valence-corrected chi connectivity index (χ2v) is 4.45. The lowest BCUT2D eigenvalue weighted by atomic mass is 10.1. The van der Waals surface area contributed by atoms with Gasteiger partial charge >= 0.3 is 0 Å². The average Bonchev–Trinajstić information content (AvgIpc) is 2.41. The number of nitro groups is 1. The second-order valence-electron chi connectivity index (χ2n) is 4.04. The predicted molar refractivity (Wildman–Crippen MR) is 73.6 cm³/mol. The van der Waals surface area contributed by atoms with E-state index in [0.29, 0.717) is 5.75 Å². The first kappa shape index (κ1) is 13.4. The highest BCUT2D eigenvalue weighted by Gasteiger charge is 2.13. The summed E-state index contributed by atoms with van der Waals surface area (Å²) < 4.78 is 5.71. The molecule has 19 heavy (non-hydrogen) atoms. The molecule has 0 saturated heterocycles. The summed E-state index contributed by atoms with van der Waals surface area (Å²) in [6.45, 7) is 1.90. The second kappa shape index (κ2) is 5.71. The summed E-state index contributed by atoms with van der Waals surface area (Å²) in [6.07, 6.45) is -0.180. The van der Waals surface area contributed by atoms with E-state index in [1.54, 1.807) is 0 Å². The summed E-state index contributed by atoms with van der Waals surface area (Å²) in [7, 11) is 0. The van der Waals surface area contributed by atoms with Crippen molar-refractivity contribution in [3.05, 3.63) is 69.2 Å². The van der Waals surface area contributed by atoms with Crippen LogP contribution in [0.2, 0.25) is 5.02 Å². The summed E-state index contributed by atoms with van der Waals surface area (Å²) >= 11 is 5.98. The Bertz CT molecular complexity index is 586. The average molecular weight is 278 g/mol. The highest BCUT2D eigenvalue weighted by atomic mass is 35.5. The van der Waals surface area contributed by atoms with Crippen LogP contribution in [0.5, 0.6) is 5.75 Å². The molecular formula is C14H12ClNO3. The van der Waals surface area contributed by atoms with E-state index in [1.807, 2.05) is 37.3 Å². The van der Waals surface area contributed by atoms with E-state index in [-0.39, 0.29) is 16.8 Å². The van der Waals surface area contributed by atoms with Crippen molar-refractivity contribution in [3.63, 3.8) is 0 Å². The minimum atomic E-state index is -0.490. The van der Waals surface area contributed by atoms with Crippen LogP contribution in [0.25, 0.3) is 0 Å². The fraction of sp³-hybridized carbons (Fsp3) is 0.143. The van der Waals surface area contributed by atoms with Gasteiger partial charge in [-0.2, -0.15) is 0 Å². The van der Waals surface area contributed by atoms with Crippen LogP contribution in [0.3, 0.4) is 0 Å². The lowest BCUT2D eigenvalue weighted by Crippen LogP contribution is -2.03. The lowest BCUT2D eigenvalue weighted by Gasteiger charge is -2.15. The number of hydrogen-bond donors (Lipinski definition) is 0. The minimum Gasteiger partial charge on any atom is -0.484 e. The number of non-ortho nitro benzene ring substituents is 1. The van der Waals surface area contributed by atoms with Gasteiger partial charge in [-0.25, -0.2) is 0 Å². The number of nitro benzene ring substituents is 1. The highest BCUT2D eigenvalue weighted by molar-refractivity contribution is 6.32. The van der Waals surface area contributed by atoms with Crippen molar-refractivity contribution in [1.29, 1.82) is 0 Å². The monoisotopic (exact) mass is 277 g/mol. The Hall–Kier alpha value is -2.07. The van der Waals surface area contributed by atoms with Gasteiger partial charge in [0.15, 0.2) is 0 Å². The van der Waals surface area contributed by atoms with Gasteiger partial charge in [0.2, 0.25) is 0 Å². The van der Waals surface area contributed by atoms with Crippen LogP contribution in [-0.4, -0.2) is 4.92 Å². The quantitative estimate of drug-likeness (QED) is 0.615. The molecule has 0 radical (unpaired) electrons. The van der Waals surface area contributed by atoms with Crippen molar-refractivity contribution in [2.24, 2.45) is 0 Å². The Morgan fingerprint density at radius 3 is 2.47 bits per heavy atom. The van der Waals surface area contributed by atoms with Crippen molar-refractivity contribution in [1.82, 2.24) is 0 Å². The molecule has 4 nitrogen and oxygen atoms in total. The summed E-state index contributed by atoms with van der Waals surface area (Å²) in [5, 5.41) is 10.8. The van der Waals surface area contributed by atoms with E-state index in [1.165, 1.54) is 18.2 Å². The molecule has 0 heterocycles. The number of ether oxygens (including phenoxy) is 1. The minimum absolute atomic E-state index is 0.0512. The summed E-state index contributed by atoms with van der Waals surface area (Å²) in [5.74, 6) is 0.434. The van der Waals surface area contributed by atoms with E-state index in [4.69, 9.17) is 16.3 Å². The molecule has 0 aliphatic rings. The van der Waals surface area contributed by atoms with Crippen LogP contribution in [0.4, 0.5) is 5.69 Å². The van der Waals surface area contributed by atoms with Gasteiger partial charge in [-0.1, -0.05) is 41.9 Å². The molecule has 0 aromatic heterocycles. The van der Waals surface area contributed by atoms with Crippen molar-refractivity contribution in [2.75, 3.05) is 0 Å². The molecule has 0 spiro atoms. The third-order valence-electron chi connectivity index (χ3n) is 2.70. The fourth-order valence-electron chi connectivity index (χ4n) is 1.68. The van der Waals surface area contributed by atoms with Crippen molar-refractivity contribution in [2.45, 2.75) is 13.0 Å². The Balaban J connectivity index is 2.18. The largest absolute Gasteiger partial charge is 0.484 e. The molecule has 2 aromatic carbocycles. The number of benzene rings is 2. The third kappa shape index (κ3) is 3.23. The fourth-order valence-corrected chi connectivity index (χ4v) is 1.90. The summed E-state index contributed by atoms with van der Waals surface area (Å²) in [5.41, 5.74) is 0.960. The molecule has 2 rings (SSSR count). The molecule has 0 amide bonds. The third-order valence-corrected chi connectivity index (χ3v) is 2.99. The molecule has 0 N–H and O–H groups in total. The van der Waals surface area contributed by atoms with Crippen molar-refractivity contribution >= 4 is 17.3 Å². The summed E-state index contributed by atoms with van der Waals surface area (Å²) in [4.78, 5) is 10.1. The van der Waals surface area contributed by atoms with Crippen molar-refractivity contribution in [3.8, 4) is 5.75 Å². The Labute approximate surface area is 115 Å². The van der Waals surface area contributed by atoms with Crippen LogP contribution in [0, 0.1) is 10.1 Å². The molecule has 2 aromatic rings. The Morgan fingerprint density at radius 1 is 1.21 bits per heavy atom. The van der Waals surface area contributed by atoms with E-state index >= 15 is 0 Å². The van der Waals surface area contributed by atoms with Crippen LogP contribution >= 0.6 is 11.6 Å². The zero-order valence-electron chi connectivity index (χ0n) is 10.2. The van der Waals surface area contributed by atoms with Gasteiger partial charge in [0.05, 0.1) is 9.95 Å².